The first-order valence-electron chi connectivity index (χ1n) is 18.8. The molecule has 2 atom stereocenters. The zero-order valence-corrected chi connectivity index (χ0v) is 30.5. The number of nitrogens with one attached hydrogen (secondary N) is 1. The average molecular weight is 707 g/mol. The molecule has 1 fully saturated rings. The number of hydrogen-bond donors (Lipinski definition) is 1. The summed E-state index contributed by atoms with van der Waals surface area (Å²) >= 11 is 0. The molecule has 7 nitrogen and oxygen atoms in total. The van der Waals surface area contributed by atoms with Crippen molar-refractivity contribution in [3.05, 3.63) is 192 Å². The van der Waals surface area contributed by atoms with Gasteiger partial charge in [0.2, 0.25) is 6.41 Å². The Hall–Kier alpha value is -6.31. The van der Waals surface area contributed by atoms with Crippen molar-refractivity contribution in [2.45, 2.75) is 31.2 Å². The molecule has 8 aromatic rings. The Morgan fingerprint density at radius 2 is 1.02 bits per heavy atom. The van der Waals surface area contributed by atoms with Gasteiger partial charge in [0, 0.05) is 77.8 Å². The van der Waals surface area contributed by atoms with E-state index in [2.05, 4.69) is 162 Å². The lowest BCUT2D eigenvalue weighted by atomic mass is 9.74. The van der Waals surface area contributed by atoms with E-state index in [4.69, 9.17) is 9.97 Å². The second-order valence-corrected chi connectivity index (χ2v) is 14.2. The monoisotopic (exact) mass is 706 g/mol. The van der Waals surface area contributed by atoms with Gasteiger partial charge in [-0.05, 0) is 59.7 Å². The van der Waals surface area contributed by atoms with E-state index in [1.54, 1.807) is 0 Å². The lowest BCUT2D eigenvalue weighted by Crippen LogP contribution is -2.60. The smallest absolute Gasteiger partial charge is 0.210 e. The first-order valence-corrected chi connectivity index (χ1v) is 18.8. The van der Waals surface area contributed by atoms with Crippen LogP contribution in [0.3, 0.4) is 0 Å². The van der Waals surface area contributed by atoms with Crippen LogP contribution in [0, 0.1) is 0 Å². The molecule has 4 aromatic heterocycles. The van der Waals surface area contributed by atoms with Crippen molar-refractivity contribution in [1.29, 1.82) is 0 Å². The van der Waals surface area contributed by atoms with Crippen molar-refractivity contribution >= 4 is 28.5 Å². The minimum absolute atomic E-state index is 0.0756. The van der Waals surface area contributed by atoms with E-state index in [0.29, 0.717) is 19.6 Å². The van der Waals surface area contributed by atoms with Crippen LogP contribution in [-0.4, -0.2) is 50.0 Å². The maximum absolute atomic E-state index is 13.9. The fraction of sp³-hybridized carbons (Fsp3) is 0.170. The van der Waals surface area contributed by atoms with Crippen molar-refractivity contribution in [2.75, 3.05) is 19.6 Å². The highest BCUT2D eigenvalue weighted by molar-refractivity contribution is 5.92. The molecule has 2 unspecified atom stereocenters. The van der Waals surface area contributed by atoms with Crippen molar-refractivity contribution in [1.82, 2.24) is 29.3 Å². The number of aromatic nitrogens is 4. The Bertz CT molecular complexity index is 2400. The van der Waals surface area contributed by atoms with Crippen LogP contribution in [0.15, 0.2) is 158 Å². The topological polar surface area (TPSA) is 68.0 Å². The van der Waals surface area contributed by atoms with E-state index < -0.39 is 5.54 Å². The van der Waals surface area contributed by atoms with E-state index >= 15 is 0 Å². The molecule has 1 saturated heterocycles. The predicted octanol–water partition coefficient (Wildman–Crippen LogP) is 8.97. The predicted molar refractivity (Wildman–Crippen MR) is 216 cm³/mol. The molecule has 1 aliphatic rings. The SMILES string of the molecule is CC(c1ccccc1)c1c(C2(c3c(C(C)c4ccccc4)n(-c4ccccc4)c4cccnc34)CNCCN2C=O)c2ncccc2n1-c1ccccc1. The normalized spacial score (nSPS) is 17.1. The third-order valence-corrected chi connectivity index (χ3v) is 11.3. The molecule has 266 valence electrons. The molecule has 1 amide bonds. The molecule has 7 heteroatoms. The standard InChI is InChI=1S/C47H42N6O/c1-33(35-17-7-3-8-18-35)45-41(43-39(25-15-27-49-43)52(45)37-21-11-5-12-22-37)47(31-48-29-30-51(47)32-54)42-44-40(26-16-28-50-44)53(38-23-13-6-14-24-38)46(42)34(2)36-19-9-4-10-20-36/h3-28,32-34,48H,29-31H2,1-2H3. The number of amides is 1. The number of hydrogen-bond acceptors (Lipinski definition) is 4. The maximum Gasteiger partial charge on any atom is 0.210 e. The first-order chi connectivity index (χ1) is 26.6. The van der Waals surface area contributed by atoms with Crippen molar-refractivity contribution in [2.24, 2.45) is 0 Å². The summed E-state index contributed by atoms with van der Waals surface area (Å²) in [4.78, 5) is 26.4. The summed E-state index contributed by atoms with van der Waals surface area (Å²) < 4.78 is 4.75. The van der Waals surface area contributed by atoms with Gasteiger partial charge >= 0.3 is 0 Å². The van der Waals surface area contributed by atoms with E-state index in [1.165, 1.54) is 11.1 Å². The molecule has 0 bridgehead atoms. The van der Waals surface area contributed by atoms with Crippen LogP contribution >= 0.6 is 0 Å². The number of rotatable bonds is 9. The van der Waals surface area contributed by atoms with Gasteiger partial charge < -0.3 is 19.4 Å². The Morgan fingerprint density at radius 1 is 0.593 bits per heavy atom. The van der Waals surface area contributed by atoms with Gasteiger partial charge in [-0.2, -0.15) is 0 Å². The molecule has 5 heterocycles. The molecule has 9 rings (SSSR count). The van der Waals surface area contributed by atoms with Crippen LogP contribution in [0.2, 0.25) is 0 Å². The van der Waals surface area contributed by atoms with Crippen LogP contribution in [0.4, 0.5) is 0 Å². The summed E-state index contributed by atoms with van der Waals surface area (Å²) in [6.45, 7) is 6.21. The van der Waals surface area contributed by atoms with Gasteiger partial charge in [0.25, 0.3) is 0 Å². The molecule has 54 heavy (non-hydrogen) atoms. The molecule has 1 aliphatic heterocycles. The van der Waals surface area contributed by atoms with Gasteiger partial charge in [0.15, 0.2) is 0 Å². The summed E-state index contributed by atoms with van der Waals surface area (Å²) in [6, 6.07) is 50.8. The Morgan fingerprint density at radius 3 is 1.44 bits per heavy atom. The van der Waals surface area contributed by atoms with Gasteiger partial charge in [-0.25, -0.2) is 0 Å². The zero-order valence-electron chi connectivity index (χ0n) is 30.5. The van der Waals surface area contributed by atoms with Crippen LogP contribution in [-0.2, 0) is 10.3 Å². The lowest BCUT2D eigenvalue weighted by molar-refractivity contribution is -0.124. The molecule has 0 radical (unpaired) electrons. The van der Waals surface area contributed by atoms with E-state index in [9.17, 15) is 4.79 Å². The zero-order chi connectivity index (χ0) is 36.6. The summed E-state index contributed by atoms with van der Waals surface area (Å²) in [5, 5.41) is 3.80. The third-order valence-electron chi connectivity index (χ3n) is 11.3. The van der Waals surface area contributed by atoms with Gasteiger partial charge in [-0.3, -0.25) is 14.8 Å². The second kappa shape index (κ2) is 13.9. The number of piperazine rings is 1. The van der Waals surface area contributed by atoms with Crippen LogP contribution in [0.5, 0.6) is 0 Å². The van der Waals surface area contributed by atoms with Gasteiger partial charge in [0.1, 0.15) is 5.54 Å². The molecular weight excluding hydrogens is 665 g/mol. The molecule has 0 aliphatic carbocycles. The van der Waals surface area contributed by atoms with Gasteiger partial charge in [-0.1, -0.05) is 111 Å². The molecular formula is C47H42N6O. The summed E-state index contributed by atoms with van der Waals surface area (Å²) in [5.41, 5.74) is 11.3. The Kier molecular flexibility index (Phi) is 8.64. The third kappa shape index (κ3) is 5.26. The number of fused-ring (bicyclic) bond motifs is 2. The molecule has 4 aromatic carbocycles. The second-order valence-electron chi connectivity index (χ2n) is 14.2. The van der Waals surface area contributed by atoms with E-state index in [0.717, 1.165) is 62.4 Å². The number of benzene rings is 4. The van der Waals surface area contributed by atoms with Crippen LogP contribution in [0.1, 0.15) is 59.3 Å². The number of carbonyl (C=O) groups is 1. The number of para-hydroxylation sites is 2. The van der Waals surface area contributed by atoms with Crippen LogP contribution in [0.25, 0.3) is 33.4 Å². The fourth-order valence-corrected chi connectivity index (χ4v) is 8.90. The Balaban J connectivity index is 1.50. The summed E-state index contributed by atoms with van der Waals surface area (Å²) in [5.74, 6) is -0.151. The van der Waals surface area contributed by atoms with E-state index in [-0.39, 0.29) is 11.8 Å². The number of pyridine rings is 2. The van der Waals surface area contributed by atoms with Crippen molar-refractivity contribution < 1.29 is 4.79 Å². The minimum Gasteiger partial charge on any atom is -0.329 e. The molecule has 1 N–H and O–H groups in total. The molecule has 0 spiro atoms. The fourth-order valence-electron chi connectivity index (χ4n) is 8.90. The number of carbonyl (C=O) groups excluding carboxylic acids is 1. The molecule has 0 saturated carbocycles. The summed E-state index contributed by atoms with van der Waals surface area (Å²) in [7, 11) is 0. The average Bonchev–Trinajstić information content (AvgIpc) is 3.79. The minimum atomic E-state index is -1.02. The van der Waals surface area contributed by atoms with Gasteiger partial charge in [0.05, 0.1) is 22.1 Å². The Labute approximate surface area is 315 Å². The lowest BCUT2D eigenvalue weighted by Gasteiger charge is -2.47. The highest BCUT2D eigenvalue weighted by Crippen LogP contribution is 2.52. The highest BCUT2D eigenvalue weighted by Gasteiger charge is 2.51. The van der Waals surface area contributed by atoms with Gasteiger partial charge in [-0.15, -0.1) is 0 Å². The van der Waals surface area contributed by atoms with Crippen LogP contribution < -0.4 is 5.32 Å². The van der Waals surface area contributed by atoms with E-state index in [1.807, 2.05) is 29.4 Å². The van der Waals surface area contributed by atoms with Crippen molar-refractivity contribution in [3.8, 4) is 11.4 Å². The quantitative estimate of drug-likeness (QED) is 0.152. The largest absolute Gasteiger partial charge is 0.329 e. The summed E-state index contributed by atoms with van der Waals surface area (Å²) in [6.07, 6.45) is 4.82. The van der Waals surface area contributed by atoms with Crippen molar-refractivity contribution in [3.63, 3.8) is 0 Å². The highest BCUT2D eigenvalue weighted by atomic mass is 16.1. The first kappa shape index (κ1) is 33.5. The number of nitrogens with zero attached hydrogens (tertiary/aromatic N) is 5. The maximum atomic E-state index is 13.9.